The molecule has 0 heterocycles. The summed E-state index contributed by atoms with van der Waals surface area (Å²) in [6.07, 6.45) is 6.26. The first-order chi connectivity index (χ1) is 12.0. The third kappa shape index (κ3) is 1.87. The molecule has 0 aromatic rings. The molecule has 4 aliphatic carbocycles. The van der Waals surface area contributed by atoms with Crippen LogP contribution in [0.2, 0.25) is 0 Å². The van der Waals surface area contributed by atoms with Crippen LogP contribution in [0.1, 0.15) is 65.7 Å². The molecule has 0 aromatic carbocycles. The van der Waals surface area contributed by atoms with Gasteiger partial charge in [-0.1, -0.05) is 26.0 Å². The molecule has 0 aliphatic heterocycles. The minimum atomic E-state index is -1.28. The van der Waals surface area contributed by atoms with Crippen molar-refractivity contribution in [3.8, 4) is 0 Å². The number of ketones is 2. The van der Waals surface area contributed by atoms with E-state index in [0.717, 1.165) is 24.8 Å². The standard InChI is InChI=1S/C22H30O4/c1-13-12-20(4)15(11-18(13)24)5-6-17-16-7-8-21(25,14(2)23)19(16,3)9-10-22(17,20)26/h11,16-17,25-26H,1,5-10,12H2,2-4H3/t16-,17-,19-,20-,21+,22+/m0/s1. The minimum absolute atomic E-state index is 0.00741. The van der Waals surface area contributed by atoms with Gasteiger partial charge in [-0.15, -0.1) is 0 Å². The number of aliphatic hydroxyl groups is 2. The van der Waals surface area contributed by atoms with Crippen molar-refractivity contribution < 1.29 is 19.8 Å². The Morgan fingerprint density at radius 3 is 2.50 bits per heavy atom. The second kappa shape index (κ2) is 5.17. The van der Waals surface area contributed by atoms with E-state index < -0.39 is 22.0 Å². The van der Waals surface area contributed by atoms with Crippen LogP contribution in [0, 0.1) is 22.7 Å². The van der Waals surface area contributed by atoms with Gasteiger partial charge in [0.15, 0.2) is 11.6 Å². The van der Waals surface area contributed by atoms with Crippen LogP contribution in [0.3, 0.4) is 0 Å². The van der Waals surface area contributed by atoms with E-state index in [1.165, 1.54) is 6.92 Å². The third-order valence-corrected chi connectivity index (χ3v) is 8.90. The fourth-order valence-corrected chi connectivity index (χ4v) is 7.12. The molecule has 26 heavy (non-hydrogen) atoms. The van der Waals surface area contributed by atoms with Crippen LogP contribution in [0.5, 0.6) is 0 Å². The van der Waals surface area contributed by atoms with Crippen LogP contribution < -0.4 is 0 Å². The summed E-state index contributed by atoms with van der Waals surface area (Å²) in [6, 6.07) is 0. The van der Waals surface area contributed by atoms with E-state index in [1.807, 2.05) is 6.92 Å². The van der Waals surface area contributed by atoms with Crippen molar-refractivity contribution in [2.45, 2.75) is 76.9 Å². The monoisotopic (exact) mass is 358 g/mol. The van der Waals surface area contributed by atoms with Gasteiger partial charge in [-0.3, -0.25) is 9.59 Å². The summed E-state index contributed by atoms with van der Waals surface area (Å²) < 4.78 is 0. The van der Waals surface area contributed by atoms with Gasteiger partial charge in [0.05, 0.1) is 5.60 Å². The Hall–Kier alpha value is -1.26. The smallest absolute Gasteiger partial charge is 0.181 e. The van der Waals surface area contributed by atoms with Gasteiger partial charge >= 0.3 is 0 Å². The summed E-state index contributed by atoms with van der Waals surface area (Å²) in [7, 11) is 0. The molecule has 4 aliphatic rings. The average molecular weight is 358 g/mol. The molecule has 6 atom stereocenters. The van der Waals surface area contributed by atoms with E-state index in [9.17, 15) is 19.8 Å². The largest absolute Gasteiger partial charge is 0.389 e. The molecule has 0 saturated heterocycles. The van der Waals surface area contributed by atoms with Crippen LogP contribution in [-0.4, -0.2) is 33.0 Å². The molecule has 3 saturated carbocycles. The summed E-state index contributed by atoms with van der Waals surface area (Å²) >= 11 is 0. The van der Waals surface area contributed by atoms with E-state index in [-0.39, 0.29) is 23.4 Å². The van der Waals surface area contributed by atoms with Crippen molar-refractivity contribution in [2.75, 3.05) is 0 Å². The van der Waals surface area contributed by atoms with Gasteiger partial charge in [-0.2, -0.15) is 0 Å². The maximum Gasteiger partial charge on any atom is 0.181 e. The van der Waals surface area contributed by atoms with Crippen LogP contribution in [0.15, 0.2) is 23.8 Å². The number of allylic oxidation sites excluding steroid dienone is 1. The summed E-state index contributed by atoms with van der Waals surface area (Å²) in [6.45, 7) is 9.56. The molecule has 0 amide bonds. The molecule has 142 valence electrons. The lowest BCUT2D eigenvalue weighted by atomic mass is 9.44. The molecule has 4 heteroatoms. The molecule has 0 bridgehead atoms. The Morgan fingerprint density at radius 1 is 1.15 bits per heavy atom. The lowest BCUT2D eigenvalue weighted by Crippen LogP contribution is -2.65. The zero-order valence-electron chi connectivity index (χ0n) is 16.1. The van der Waals surface area contributed by atoms with Crippen molar-refractivity contribution in [1.29, 1.82) is 0 Å². The number of rotatable bonds is 1. The van der Waals surface area contributed by atoms with Gasteiger partial charge < -0.3 is 10.2 Å². The lowest BCUT2D eigenvalue weighted by Gasteiger charge is -2.63. The maximum absolute atomic E-state index is 12.3. The van der Waals surface area contributed by atoms with Crippen molar-refractivity contribution in [3.63, 3.8) is 0 Å². The van der Waals surface area contributed by atoms with E-state index in [0.29, 0.717) is 31.3 Å². The van der Waals surface area contributed by atoms with Crippen LogP contribution in [0.25, 0.3) is 0 Å². The summed E-state index contributed by atoms with van der Waals surface area (Å²) in [5.41, 5.74) is -1.51. The molecule has 4 rings (SSSR count). The molecule has 0 aromatic heterocycles. The highest BCUT2D eigenvalue weighted by atomic mass is 16.3. The predicted molar refractivity (Wildman–Crippen MR) is 98.3 cm³/mol. The van der Waals surface area contributed by atoms with Gasteiger partial charge in [-0.05, 0) is 75.4 Å². The van der Waals surface area contributed by atoms with Gasteiger partial charge in [0.1, 0.15) is 5.60 Å². The fourth-order valence-electron chi connectivity index (χ4n) is 7.12. The van der Waals surface area contributed by atoms with E-state index in [4.69, 9.17) is 0 Å². The van der Waals surface area contributed by atoms with Gasteiger partial charge in [0, 0.05) is 10.8 Å². The summed E-state index contributed by atoms with van der Waals surface area (Å²) in [5, 5.41) is 23.1. The topological polar surface area (TPSA) is 74.6 Å². The zero-order chi connectivity index (χ0) is 19.1. The number of hydrogen-bond acceptors (Lipinski definition) is 4. The van der Waals surface area contributed by atoms with Crippen molar-refractivity contribution in [3.05, 3.63) is 23.8 Å². The third-order valence-electron chi connectivity index (χ3n) is 8.90. The second-order valence-electron chi connectivity index (χ2n) is 9.69. The first-order valence-corrected chi connectivity index (χ1v) is 9.88. The molecular weight excluding hydrogens is 328 g/mol. The lowest BCUT2D eigenvalue weighted by molar-refractivity contribution is -0.207. The Morgan fingerprint density at radius 2 is 1.85 bits per heavy atom. The number of Topliss-reactive ketones (excluding diaryl/α,β-unsaturated/α-hetero) is 1. The minimum Gasteiger partial charge on any atom is -0.389 e. The highest BCUT2D eigenvalue weighted by Gasteiger charge is 2.70. The van der Waals surface area contributed by atoms with Crippen LogP contribution in [-0.2, 0) is 9.59 Å². The first-order valence-electron chi connectivity index (χ1n) is 9.88. The van der Waals surface area contributed by atoms with Crippen molar-refractivity contribution in [1.82, 2.24) is 0 Å². The van der Waals surface area contributed by atoms with Crippen molar-refractivity contribution >= 4 is 11.6 Å². The predicted octanol–water partition coefficient (Wildman–Crippen LogP) is 3.12. The van der Waals surface area contributed by atoms with Gasteiger partial charge in [-0.25, -0.2) is 0 Å². The van der Waals surface area contributed by atoms with Crippen LogP contribution in [0.4, 0.5) is 0 Å². The molecule has 0 unspecified atom stereocenters. The van der Waals surface area contributed by atoms with Gasteiger partial charge in [0.25, 0.3) is 0 Å². The fraction of sp³-hybridized carbons (Fsp3) is 0.727. The molecule has 3 fully saturated rings. The Balaban J connectivity index is 1.78. The Kier molecular flexibility index (Phi) is 3.60. The highest BCUT2D eigenvalue weighted by Crippen LogP contribution is 2.69. The number of fused-ring (bicyclic) bond motifs is 5. The number of carbonyl (C=O) groups excluding carboxylic acids is 2. The molecule has 2 N–H and O–H groups in total. The second-order valence-corrected chi connectivity index (χ2v) is 9.69. The maximum atomic E-state index is 12.3. The Labute approximate surface area is 155 Å². The van der Waals surface area contributed by atoms with E-state index >= 15 is 0 Å². The van der Waals surface area contributed by atoms with Gasteiger partial charge in [0.2, 0.25) is 0 Å². The SMILES string of the molecule is C=C1C[C@@]2(C)C(=CC1=O)CC[C@H]1[C@@H]3CC[C@@](O)(C(C)=O)[C@@]3(C)CC[C@@]12O. The van der Waals surface area contributed by atoms with Crippen molar-refractivity contribution in [2.24, 2.45) is 22.7 Å². The highest BCUT2D eigenvalue weighted by molar-refractivity contribution is 6.05. The van der Waals surface area contributed by atoms with E-state index in [1.54, 1.807) is 6.08 Å². The van der Waals surface area contributed by atoms with Crippen LogP contribution >= 0.6 is 0 Å². The quantitative estimate of drug-likeness (QED) is 0.706. The number of hydrogen-bond donors (Lipinski definition) is 2. The number of carbonyl (C=O) groups is 2. The first kappa shape index (κ1) is 18.1. The zero-order valence-corrected chi connectivity index (χ0v) is 16.1. The summed E-state index contributed by atoms with van der Waals surface area (Å²) in [5.74, 6) is 0.0105. The molecule has 0 radical (unpaired) electrons. The van der Waals surface area contributed by atoms with E-state index in [2.05, 4.69) is 13.5 Å². The molecule has 0 spiro atoms. The summed E-state index contributed by atoms with van der Waals surface area (Å²) in [4.78, 5) is 24.4. The Bertz CT molecular complexity index is 751. The molecular formula is C22H30O4. The average Bonchev–Trinajstić information content (AvgIpc) is 2.84. The molecule has 4 nitrogen and oxygen atoms in total. The normalized spacial score (nSPS) is 50.6.